The second kappa shape index (κ2) is 30.2. The molecule has 32 heavy (non-hydrogen) atoms. The third-order valence-electron chi connectivity index (χ3n) is 4.45. The zero-order chi connectivity index (χ0) is 24.1. The van der Waals surface area contributed by atoms with Gasteiger partial charge in [-0.2, -0.15) is 0 Å². The minimum atomic E-state index is -0.670. The van der Waals surface area contributed by atoms with Gasteiger partial charge in [-0.25, -0.2) is 0 Å². The Hall–Kier alpha value is -0.810. The number of hydrogen-bond donors (Lipinski definition) is 1. The highest BCUT2D eigenvalue weighted by Crippen LogP contribution is 2.04. The Bertz CT molecular complexity index is 328. The summed E-state index contributed by atoms with van der Waals surface area (Å²) in [6, 6.07) is 0. The molecular weight excluding hydrogens is 418 g/mol. The first-order valence-electron chi connectivity index (χ1n) is 11.8. The fourth-order valence-corrected chi connectivity index (χ4v) is 2.53. The lowest BCUT2D eigenvalue weighted by Gasteiger charge is -2.22. The maximum absolute atomic E-state index is 10.0. The molecule has 0 rings (SSSR count). The van der Waals surface area contributed by atoms with Gasteiger partial charge in [0, 0.05) is 47.4 Å². The predicted octanol–water partition coefficient (Wildman–Crippen LogP) is 2.71. The molecule has 1 N–H and O–H groups in total. The third kappa shape index (κ3) is 31.4. The molecule has 0 aromatic rings. The summed E-state index contributed by atoms with van der Waals surface area (Å²) >= 11 is 0. The van der Waals surface area contributed by atoms with E-state index in [2.05, 4.69) is 11.8 Å². The van der Waals surface area contributed by atoms with E-state index in [1.165, 1.54) is 19.3 Å². The van der Waals surface area contributed by atoms with Gasteiger partial charge in [0.25, 0.3) is 0 Å². The summed E-state index contributed by atoms with van der Waals surface area (Å²) in [6.45, 7) is 10.5. The summed E-state index contributed by atoms with van der Waals surface area (Å²) in [5.74, 6) is -0.670. The molecule has 0 aromatic carbocycles. The number of ether oxygens (including phenoxy) is 6. The van der Waals surface area contributed by atoms with Gasteiger partial charge in [0.1, 0.15) is 0 Å². The van der Waals surface area contributed by atoms with Crippen molar-refractivity contribution in [2.75, 3.05) is 100 Å². The molecule has 0 radical (unpaired) electrons. The fraction of sp³-hybridized carbons (Fsp3) is 0.957. The molecule has 0 aromatic heterocycles. The molecule has 0 aliphatic heterocycles. The largest absolute Gasteiger partial charge is 0.481 e. The molecule has 0 amide bonds. The van der Waals surface area contributed by atoms with Gasteiger partial charge in [-0.15, -0.1) is 0 Å². The van der Waals surface area contributed by atoms with Gasteiger partial charge in [0.15, 0.2) is 0 Å². The maximum Gasteiger partial charge on any atom is 0.303 e. The smallest absolute Gasteiger partial charge is 0.303 e. The number of unbranched alkanes of at least 4 members (excludes halogenated alkanes) is 4. The molecule has 0 saturated carbocycles. The molecule has 0 heterocycles. The number of aliphatic carboxylic acids is 1. The van der Waals surface area contributed by atoms with Crippen LogP contribution in [0.3, 0.4) is 0 Å². The van der Waals surface area contributed by atoms with Gasteiger partial charge in [-0.05, 0) is 6.42 Å². The highest BCUT2D eigenvalue weighted by molar-refractivity contribution is 5.66. The zero-order valence-electron chi connectivity index (χ0n) is 21.0. The summed E-state index contributed by atoms with van der Waals surface area (Å²) < 4.78 is 31.4. The van der Waals surface area contributed by atoms with Crippen molar-refractivity contribution in [2.45, 2.75) is 45.4 Å². The van der Waals surface area contributed by atoms with Crippen molar-refractivity contribution >= 4 is 5.97 Å². The van der Waals surface area contributed by atoms with Crippen molar-refractivity contribution in [3.63, 3.8) is 0 Å². The quantitative estimate of drug-likeness (QED) is 0.215. The van der Waals surface area contributed by atoms with Crippen molar-refractivity contribution in [3.05, 3.63) is 0 Å². The molecular formula is C23H49NO8. The standard InChI is InChI=1S/C15H33NO6.C8H16O2/c1-17-10-13-20-7-4-16(5-8-21-14-11-18-2)6-9-22-15-12-19-3;1-2-3-4-5-6-7-8(9)10/h4-15H2,1-3H3;2-7H2,1H3,(H,9,10). The number of carboxylic acid groups (broad SMARTS) is 1. The van der Waals surface area contributed by atoms with Crippen LogP contribution in [0.1, 0.15) is 45.4 Å². The van der Waals surface area contributed by atoms with Crippen molar-refractivity contribution in [1.29, 1.82) is 0 Å². The number of nitrogens with zero attached hydrogens (tertiary/aromatic N) is 1. The van der Waals surface area contributed by atoms with Gasteiger partial charge < -0.3 is 33.5 Å². The lowest BCUT2D eigenvalue weighted by molar-refractivity contribution is -0.137. The molecule has 0 saturated heterocycles. The Morgan fingerprint density at radius 3 is 1.38 bits per heavy atom. The molecule has 0 aliphatic carbocycles. The lowest BCUT2D eigenvalue weighted by Crippen LogP contribution is -2.34. The van der Waals surface area contributed by atoms with E-state index < -0.39 is 5.97 Å². The normalized spacial score (nSPS) is 10.9. The second-order valence-corrected chi connectivity index (χ2v) is 7.22. The number of methoxy groups -OCH3 is 3. The van der Waals surface area contributed by atoms with E-state index in [4.69, 9.17) is 33.5 Å². The number of carbonyl (C=O) groups is 1. The molecule has 0 fully saturated rings. The minimum absolute atomic E-state index is 0.337. The average molecular weight is 468 g/mol. The van der Waals surface area contributed by atoms with Gasteiger partial charge in [-0.1, -0.05) is 32.6 Å². The van der Waals surface area contributed by atoms with Crippen molar-refractivity contribution in [3.8, 4) is 0 Å². The van der Waals surface area contributed by atoms with Crippen LogP contribution in [0.2, 0.25) is 0 Å². The fourth-order valence-electron chi connectivity index (χ4n) is 2.53. The van der Waals surface area contributed by atoms with Crippen molar-refractivity contribution in [1.82, 2.24) is 4.90 Å². The minimum Gasteiger partial charge on any atom is -0.481 e. The molecule has 9 nitrogen and oxygen atoms in total. The van der Waals surface area contributed by atoms with Crippen LogP contribution in [0.25, 0.3) is 0 Å². The molecule has 0 spiro atoms. The van der Waals surface area contributed by atoms with E-state index in [9.17, 15) is 4.79 Å². The van der Waals surface area contributed by atoms with E-state index >= 15 is 0 Å². The molecule has 0 aliphatic rings. The second-order valence-electron chi connectivity index (χ2n) is 7.22. The van der Waals surface area contributed by atoms with E-state index in [-0.39, 0.29) is 0 Å². The Labute approximate surface area is 195 Å². The van der Waals surface area contributed by atoms with E-state index in [0.29, 0.717) is 65.9 Å². The van der Waals surface area contributed by atoms with Crippen molar-refractivity contribution < 1.29 is 38.3 Å². The Morgan fingerprint density at radius 2 is 1.03 bits per heavy atom. The zero-order valence-corrected chi connectivity index (χ0v) is 21.0. The van der Waals surface area contributed by atoms with Crippen LogP contribution in [0.15, 0.2) is 0 Å². The molecule has 194 valence electrons. The lowest BCUT2D eigenvalue weighted by atomic mass is 10.1. The van der Waals surface area contributed by atoms with Crippen LogP contribution in [-0.2, 0) is 33.2 Å². The summed E-state index contributed by atoms with van der Waals surface area (Å²) in [4.78, 5) is 12.3. The maximum atomic E-state index is 10.0. The molecule has 9 heteroatoms. The van der Waals surface area contributed by atoms with Crippen molar-refractivity contribution in [2.24, 2.45) is 0 Å². The molecule has 0 atom stereocenters. The van der Waals surface area contributed by atoms with Crippen LogP contribution in [0.4, 0.5) is 0 Å². The third-order valence-corrected chi connectivity index (χ3v) is 4.45. The van der Waals surface area contributed by atoms with Crippen LogP contribution >= 0.6 is 0 Å². The van der Waals surface area contributed by atoms with Crippen LogP contribution < -0.4 is 0 Å². The van der Waals surface area contributed by atoms with E-state index in [1.54, 1.807) is 21.3 Å². The first-order chi connectivity index (χ1) is 15.6. The monoisotopic (exact) mass is 467 g/mol. The first kappa shape index (κ1) is 33.4. The number of hydrogen-bond acceptors (Lipinski definition) is 8. The summed E-state index contributed by atoms with van der Waals surface area (Å²) in [6.07, 6.45) is 5.88. The number of rotatable bonds is 24. The van der Waals surface area contributed by atoms with Crippen LogP contribution in [0.5, 0.6) is 0 Å². The highest BCUT2D eigenvalue weighted by atomic mass is 16.5. The Balaban J connectivity index is 0. The summed E-state index contributed by atoms with van der Waals surface area (Å²) in [7, 11) is 5.01. The average Bonchev–Trinajstić information content (AvgIpc) is 2.78. The Morgan fingerprint density at radius 1 is 0.625 bits per heavy atom. The first-order valence-corrected chi connectivity index (χ1v) is 11.8. The van der Waals surface area contributed by atoms with E-state index in [0.717, 1.165) is 32.5 Å². The summed E-state index contributed by atoms with van der Waals surface area (Å²) in [5.41, 5.74) is 0. The van der Waals surface area contributed by atoms with Gasteiger partial charge >= 0.3 is 5.97 Å². The highest BCUT2D eigenvalue weighted by Gasteiger charge is 2.05. The summed E-state index contributed by atoms with van der Waals surface area (Å²) in [5, 5.41) is 8.27. The number of carboxylic acids is 1. The molecule has 0 bridgehead atoms. The van der Waals surface area contributed by atoms with E-state index in [1.807, 2.05) is 0 Å². The van der Waals surface area contributed by atoms with Gasteiger partial charge in [0.2, 0.25) is 0 Å². The Kier molecular flexibility index (Phi) is 31.5. The van der Waals surface area contributed by atoms with Gasteiger partial charge in [-0.3, -0.25) is 9.69 Å². The topological polar surface area (TPSA) is 95.9 Å². The van der Waals surface area contributed by atoms with Crippen LogP contribution in [-0.4, -0.2) is 116 Å². The SMILES string of the molecule is CCCCCCCC(=O)O.COCCOCCN(CCOCCOC)CCOCCOC. The molecule has 0 unspecified atom stereocenters. The van der Waals surface area contributed by atoms with Gasteiger partial charge in [0.05, 0.1) is 59.5 Å². The predicted molar refractivity (Wildman–Crippen MR) is 126 cm³/mol. The van der Waals surface area contributed by atoms with Crippen LogP contribution in [0, 0.1) is 0 Å².